The number of hydrogen-bond donors (Lipinski definition) is 6. The van der Waals surface area contributed by atoms with E-state index in [4.69, 9.17) is 45.0 Å². The first-order valence-corrected chi connectivity index (χ1v) is 3.29. The Kier molecular flexibility index (Phi) is 31.0. The maximum Gasteiger partial charge on any atom is 0.329 e. The zero-order valence-electron chi connectivity index (χ0n) is 7.88. The summed E-state index contributed by atoms with van der Waals surface area (Å²) in [6.45, 7) is -2.33. The molecule has 0 saturated carbocycles. The predicted octanol–water partition coefficient (Wildman–Crippen LogP) is -2.81. The second kappa shape index (κ2) is 20.1. The molecule has 0 aromatic carbocycles. The SMILES string of the molecule is O=C(O)CO.O=C(O)CO.O=C(O)CO.[Gd]. The monoisotopic (exact) mass is 386 g/mol. The Morgan fingerprint density at radius 2 is 0.688 bits per heavy atom. The molecular formula is C6H12GdO9. The van der Waals surface area contributed by atoms with Crippen molar-refractivity contribution in [2.24, 2.45) is 0 Å². The molecule has 16 heavy (non-hydrogen) atoms. The van der Waals surface area contributed by atoms with Gasteiger partial charge >= 0.3 is 17.9 Å². The van der Waals surface area contributed by atoms with Gasteiger partial charge in [0.1, 0.15) is 19.8 Å². The Hall–Kier alpha value is -0.385. The van der Waals surface area contributed by atoms with Crippen LogP contribution in [0.3, 0.4) is 0 Å². The van der Waals surface area contributed by atoms with Crippen molar-refractivity contribution in [3.8, 4) is 0 Å². The van der Waals surface area contributed by atoms with Crippen molar-refractivity contribution < 1.29 is 85.0 Å². The quantitative estimate of drug-likeness (QED) is 0.300. The predicted molar refractivity (Wildman–Crippen MR) is 44.2 cm³/mol. The summed E-state index contributed by atoms with van der Waals surface area (Å²) in [4.78, 5) is 27.4. The number of carboxylic acid groups (broad SMARTS) is 3. The maximum atomic E-state index is 9.12. The third-order valence-electron chi connectivity index (χ3n) is 0.406. The molecule has 98 valence electrons. The summed E-state index contributed by atoms with van der Waals surface area (Å²) < 4.78 is 0. The fourth-order valence-corrected chi connectivity index (χ4v) is 0. The number of rotatable bonds is 3. The Morgan fingerprint density at radius 1 is 0.625 bits per heavy atom. The number of carboxylic acids is 3. The standard InChI is InChI=1S/3C2H4O3.Gd/c3*3-1-2(4)5;/h3*3H,1H2,(H,4,5);. The van der Waals surface area contributed by atoms with E-state index in [1.165, 1.54) is 0 Å². The molecular weight excluding hydrogens is 373 g/mol. The molecule has 0 amide bonds. The summed E-state index contributed by atoms with van der Waals surface area (Å²) >= 11 is 0. The first-order chi connectivity index (χ1) is 6.81. The van der Waals surface area contributed by atoms with E-state index in [-0.39, 0.29) is 39.9 Å². The maximum absolute atomic E-state index is 9.12. The smallest absolute Gasteiger partial charge is 0.329 e. The van der Waals surface area contributed by atoms with E-state index in [1.54, 1.807) is 0 Å². The number of hydrogen-bond acceptors (Lipinski definition) is 6. The molecule has 0 heterocycles. The van der Waals surface area contributed by atoms with Crippen molar-refractivity contribution in [1.29, 1.82) is 0 Å². The summed E-state index contributed by atoms with van der Waals surface area (Å²) in [5, 5.41) is 45.0. The van der Waals surface area contributed by atoms with Crippen LogP contribution in [0.25, 0.3) is 0 Å². The molecule has 0 bridgehead atoms. The molecule has 0 aliphatic heterocycles. The van der Waals surface area contributed by atoms with E-state index >= 15 is 0 Å². The third-order valence-corrected chi connectivity index (χ3v) is 0.406. The van der Waals surface area contributed by atoms with Gasteiger partial charge in [0.05, 0.1) is 0 Å². The van der Waals surface area contributed by atoms with Gasteiger partial charge in [-0.1, -0.05) is 0 Å². The van der Waals surface area contributed by atoms with Crippen molar-refractivity contribution >= 4 is 17.9 Å². The molecule has 0 saturated heterocycles. The molecule has 0 rings (SSSR count). The molecule has 9 nitrogen and oxygen atoms in total. The summed E-state index contributed by atoms with van der Waals surface area (Å²) in [7, 11) is 0. The van der Waals surface area contributed by atoms with E-state index in [1.807, 2.05) is 0 Å². The average molecular weight is 385 g/mol. The normalized spacial score (nSPS) is 6.94. The van der Waals surface area contributed by atoms with Crippen LogP contribution < -0.4 is 0 Å². The van der Waals surface area contributed by atoms with E-state index in [0.717, 1.165) is 0 Å². The number of aliphatic carboxylic acids is 3. The second-order valence-electron chi connectivity index (χ2n) is 1.66. The minimum absolute atomic E-state index is 0. The summed E-state index contributed by atoms with van der Waals surface area (Å²) in [5.74, 6) is -3.57. The van der Waals surface area contributed by atoms with Crippen LogP contribution in [0.15, 0.2) is 0 Å². The van der Waals surface area contributed by atoms with E-state index in [2.05, 4.69) is 0 Å². The molecule has 0 aromatic rings. The minimum atomic E-state index is -1.19. The summed E-state index contributed by atoms with van der Waals surface area (Å²) in [6, 6.07) is 0. The van der Waals surface area contributed by atoms with Crippen LogP contribution in [0, 0.1) is 39.9 Å². The fraction of sp³-hybridized carbons (Fsp3) is 0.500. The van der Waals surface area contributed by atoms with Crippen LogP contribution in [0.4, 0.5) is 0 Å². The van der Waals surface area contributed by atoms with E-state index in [0.29, 0.717) is 0 Å². The van der Waals surface area contributed by atoms with Crippen LogP contribution in [0.5, 0.6) is 0 Å². The second-order valence-corrected chi connectivity index (χ2v) is 1.66. The van der Waals surface area contributed by atoms with Gasteiger partial charge in [-0.25, -0.2) is 14.4 Å². The van der Waals surface area contributed by atoms with Gasteiger partial charge in [-0.05, 0) is 0 Å². The molecule has 0 fully saturated rings. The topological polar surface area (TPSA) is 173 Å². The molecule has 10 heteroatoms. The van der Waals surface area contributed by atoms with Gasteiger partial charge in [0.25, 0.3) is 0 Å². The first-order valence-electron chi connectivity index (χ1n) is 3.29. The minimum Gasteiger partial charge on any atom is -0.480 e. The van der Waals surface area contributed by atoms with Crippen molar-refractivity contribution in [3.05, 3.63) is 0 Å². The van der Waals surface area contributed by atoms with Gasteiger partial charge in [0.15, 0.2) is 0 Å². The average Bonchev–Trinajstić information content (AvgIpc) is 2.19. The van der Waals surface area contributed by atoms with Crippen LogP contribution in [-0.2, 0) is 14.4 Å². The zero-order chi connectivity index (χ0) is 12.9. The molecule has 0 unspecified atom stereocenters. The van der Waals surface area contributed by atoms with Gasteiger partial charge in [-0.3, -0.25) is 0 Å². The summed E-state index contributed by atoms with van der Waals surface area (Å²) in [6.07, 6.45) is 0. The van der Waals surface area contributed by atoms with Crippen LogP contribution in [0.2, 0.25) is 0 Å². The molecule has 0 aliphatic carbocycles. The molecule has 0 spiro atoms. The van der Waals surface area contributed by atoms with Crippen molar-refractivity contribution in [3.63, 3.8) is 0 Å². The first kappa shape index (κ1) is 24.7. The molecule has 6 N–H and O–H groups in total. The van der Waals surface area contributed by atoms with E-state index < -0.39 is 37.7 Å². The van der Waals surface area contributed by atoms with Crippen molar-refractivity contribution in [2.45, 2.75) is 0 Å². The van der Waals surface area contributed by atoms with Crippen LogP contribution in [0.1, 0.15) is 0 Å². The number of carbonyl (C=O) groups is 3. The Balaban J connectivity index is -0.0000000655. The largest absolute Gasteiger partial charge is 0.480 e. The molecule has 0 aliphatic rings. The van der Waals surface area contributed by atoms with Crippen LogP contribution in [-0.4, -0.2) is 68.4 Å². The summed E-state index contributed by atoms with van der Waals surface area (Å²) in [5.41, 5.74) is 0. The Labute approximate surface area is 122 Å². The molecule has 0 radical (unpaired) electrons. The van der Waals surface area contributed by atoms with Gasteiger partial charge < -0.3 is 30.6 Å². The van der Waals surface area contributed by atoms with Gasteiger partial charge in [0.2, 0.25) is 0 Å². The van der Waals surface area contributed by atoms with Crippen LogP contribution >= 0.6 is 0 Å². The van der Waals surface area contributed by atoms with E-state index in [9.17, 15) is 0 Å². The van der Waals surface area contributed by atoms with Crippen molar-refractivity contribution in [2.75, 3.05) is 19.8 Å². The van der Waals surface area contributed by atoms with Crippen molar-refractivity contribution in [1.82, 2.24) is 0 Å². The number of aliphatic hydroxyl groups is 3. The van der Waals surface area contributed by atoms with Gasteiger partial charge in [0, 0.05) is 39.9 Å². The zero-order valence-corrected chi connectivity index (χ0v) is 10.2. The Bertz CT molecular complexity index is 159. The molecule has 0 aromatic heterocycles. The number of aliphatic hydroxyl groups excluding tert-OH is 3. The third kappa shape index (κ3) is 68.7. The Morgan fingerprint density at radius 3 is 0.688 bits per heavy atom. The molecule has 0 atom stereocenters. The van der Waals surface area contributed by atoms with Gasteiger partial charge in [-0.15, -0.1) is 0 Å². The van der Waals surface area contributed by atoms with Gasteiger partial charge in [-0.2, -0.15) is 0 Å². The fourth-order valence-electron chi connectivity index (χ4n) is 0.